The summed E-state index contributed by atoms with van der Waals surface area (Å²) >= 11 is -0.456. The Morgan fingerprint density at radius 1 is 1.12 bits per heavy atom. The van der Waals surface area contributed by atoms with Gasteiger partial charge in [0.05, 0.1) is 0 Å². The first kappa shape index (κ1) is 17.4. The molecule has 1 unspecified atom stereocenters. The van der Waals surface area contributed by atoms with Crippen LogP contribution in [0.2, 0.25) is 0 Å². The van der Waals surface area contributed by atoms with Crippen LogP contribution in [0.3, 0.4) is 0 Å². The van der Waals surface area contributed by atoms with Crippen LogP contribution in [0.25, 0.3) is 0 Å². The van der Waals surface area contributed by atoms with Crippen molar-refractivity contribution in [2.45, 2.75) is 34.1 Å². The third-order valence-corrected chi connectivity index (χ3v) is 8.06. The molecule has 0 bridgehead atoms. The average Bonchev–Trinajstić information content (AvgIpc) is 2.79. The summed E-state index contributed by atoms with van der Waals surface area (Å²) in [5, 5.41) is 0. The molecule has 2 aliphatic rings. The first-order chi connectivity index (χ1) is 7.11. The van der Waals surface area contributed by atoms with Crippen molar-refractivity contribution >= 4 is 0 Å². The Labute approximate surface area is 129 Å². The van der Waals surface area contributed by atoms with E-state index in [1.807, 2.05) is 3.28 Å². The molecule has 0 radical (unpaired) electrons. The standard InChI is InChI=1S/C9H13.C5H5.2ClH.Zr/c1-6-5-7(2)9(4)8(6)3;1-2-4-5-3-1;;;/h6H,1-4H3;1-3H,4H2;2*1H;/q;;;;+2/p-2. The van der Waals surface area contributed by atoms with Crippen molar-refractivity contribution in [1.82, 2.24) is 0 Å². The molecule has 1 atom stereocenters. The predicted molar refractivity (Wildman–Crippen MR) is 62.1 cm³/mol. The van der Waals surface area contributed by atoms with Gasteiger partial charge in [0.25, 0.3) is 0 Å². The van der Waals surface area contributed by atoms with Crippen LogP contribution in [0.4, 0.5) is 0 Å². The number of hydrogen-bond acceptors (Lipinski definition) is 0. The molecule has 17 heavy (non-hydrogen) atoms. The Balaban J connectivity index is 0.00000128. The maximum atomic E-state index is 2.38. The van der Waals surface area contributed by atoms with Gasteiger partial charge in [0.2, 0.25) is 0 Å². The number of halogens is 2. The number of hydrogen-bond donors (Lipinski definition) is 0. The van der Waals surface area contributed by atoms with Crippen LogP contribution in [0.15, 0.2) is 41.5 Å². The zero-order valence-electron chi connectivity index (χ0n) is 10.8. The van der Waals surface area contributed by atoms with Gasteiger partial charge >= 0.3 is 105 Å². The van der Waals surface area contributed by atoms with E-state index in [1.165, 1.54) is 6.42 Å². The van der Waals surface area contributed by atoms with E-state index in [0.29, 0.717) is 0 Å². The molecule has 0 saturated carbocycles. The third kappa shape index (κ3) is 3.46. The monoisotopic (exact) mass is 346 g/mol. The zero-order chi connectivity index (χ0) is 11.0. The molecule has 0 heterocycles. The normalized spacial score (nSPS) is 22.1. The Morgan fingerprint density at radius 2 is 1.76 bits per heavy atom. The molecule has 3 heteroatoms. The van der Waals surface area contributed by atoms with Gasteiger partial charge in [-0.25, -0.2) is 0 Å². The van der Waals surface area contributed by atoms with Gasteiger partial charge in [-0.1, -0.05) is 0 Å². The fourth-order valence-corrected chi connectivity index (χ4v) is 6.10. The SMILES string of the molecule is CC1=C(C)C(C)[C]([Zr+2][C]2=CC=CC2)=C1C.[Cl-].[Cl-]. The maximum absolute atomic E-state index is 2.38. The average molecular weight is 348 g/mol. The van der Waals surface area contributed by atoms with E-state index in [9.17, 15) is 0 Å². The fraction of sp³-hybridized carbons (Fsp3) is 0.429. The maximum Gasteiger partial charge on any atom is -1.00 e. The fourth-order valence-electron chi connectivity index (χ4n) is 2.28. The Morgan fingerprint density at radius 3 is 2.18 bits per heavy atom. The summed E-state index contributed by atoms with van der Waals surface area (Å²) in [6.07, 6.45) is 8.09. The largest absolute Gasteiger partial charge is 1.00 e. The second-order valence-electron chi connectivity index (χ2n) is 4.52. The smallest absolute Gasteiger partial charge is 1.00 e. The van der Waals surface area contributed by atoms with Gasteiger partial charge in [-0.2, -0.15) is 0 Å². The molecular weight excluding hydrogens is 330 g/mol. The first-order valence-corrected chi connectivity index (χ1v) is 8.08. The molecule has 0 aliphatic heterocycles. The van der Waals surface area contributed by atoms with E-state index >= 15 is 0 Å². The van der Waals surface area contributed by atoms with Crippen LogP contribution in [-0.2, 0) is 23.2 Å². The first-order valence-electron chi connectivity index (χ1n) is 5.62. The van der Waals surface area contributed by atoms with Gasteiger partial charge in [0.1, 0.15) is 0 Å². The van der Waals surface area contributed by atoms with E-state index < -0.39 is 23.2 Å². The van der Waals surface area contributed by atoms with Crippen LogP contribution >= 0.6 is 0 Å². The van der Waals surface area contributed by atoms with Crippen molar-refractivity contribution in [2.75, 3.05) is 0 Å². The van der Waals surface area contributed by atoms with Crippen LogP contribution in [0.5, 0.6) is 0 Å². The van der Waals surface area contributed by atoms with Crippen LogP contribution < -0.4 is 24.8 Å². The van der Waals surface area contributed by atoms with Crippen LogP contribution in [0.1, 0.15) is 34.1 Å². The van der Waals surface area contributed by atoms with Gasteiger partial charge in [0, 0.05) is 0 Å². The summed E-state index contributed by atoms with van der Waals surface area (Å²) in [6, 6.07) is 0. The van der Waals surface area contributed by atoms with Crippen molar-refractivity contribution in [2.24, 2.45) is 5.92 Å². The topological polar surface area (TPSA) is 0 Å². The minimum Gasteiger partial charge on any atom is -1.00 e. The molecule has 0 amide bonds. The summed E-state index contributed by atoms with van der Waals surface area (Å²) in [5.41, 5.74) is 4.78. The van der Waals surface area contributed by atoms with Gasteiger partial charge in [-0.3, -0.25) is 0 Å². The predicted octanol–water partition coefficient (Wildman–Crippen LogP) is -1.82. The second kappa shape index (κ2) is 7.12. The molecule has 2 rings (SSSR count). The molecule has 0 N–H and O–H groups in total. The van der Waals surface area contributed by atoms with E-state index in [4.69, 9.17) is 0 Å². The number of allylic oxidation sites excluding steroid dienone is 8. The summed E-state index contributed by atoms with van der Waals surface area (Å²) in [5.74, 6) is 0.734. The van der Waals surface area contributed by atoms with Crippen LogP contribution in [-0.4, -0.2) is 0 Å². The zero-order valence-corrected chi connectivity index (χ0v) is 14.7. The summed E-state index contributed by atoms with van der Waals surface area (Å²) in [4.78, 5) is 0. The molecule has 0 aromatic heterocycles. The van der Waals surface area contributed by atoms with E-state index in [0.717, 1.165) is 5.92 Å². The molecule has 0 spiro atoms. The van der Waals surface area contributed by atoms with Gasteiger partial charge in [-0.15, -0.1) is 0 Å². The molecule has 0 aromatic carbocycles. The molecule has 2 aliphatic carbocycles. The Bertz CT molecular complexity index is 414. The van der Waals surface area contributed by atoms with Crippen molar-refractivity contribution in [3.63, 3.8) is 0 Å². The quantitative estimate of drug-likeness (QED) is 0.552. The molecule has 0 aromatic rings. The van der Waals surface area contributed by atoms with E-state index in [2.05, 4.69) is 45.9 Å². The molecular formula is C14H18Cl2Zr. The Kier molecular flexibility index (Phi) is 7.30. The van der Waals surface area contributed by atoms with E-state index in [1.54, 1.807) is 20.0 Å². The summed E-state index contributed by atoms with van der Waals surface area (Å²) in [6.45, 7) is 9.29. The van der Waals surface area contributed by atoms with Crippen LogP contribution in [0, 0.1) is 5.92 Å². The van der Waals surface area contributed by atoms with Crippen molar-refractivity contribution < 1.29 is 48.0 Å². The summed E-state index contributed by atoms with van der Waals surface area (Å²) in [7, 11) is 0. The van der Waals surface area contributed by atoms with Gasteiger partial charge < -0.3 is 24.8 Å². The molecule has 0 fully saturated rings. The van der Waals surface area contributed by atoms with Crippen molar-refractivity contribution in [1.29, 1.82) is 0 Å². The van der Waals surface area contributed by atoms with Crippen molar-refractivity contribution in [3.8, 4) is 0 Å². The minimum absolute atomic E-state index is 0. The summed E-state index contributed by atoms with van der Waals surface area (Å²) < 4.78 is 3.55. The van der Waals surface area contributed by atoms with Gasteiger partial charge in [0.15, 0.2) is 0 Å². The van der Waals surface area contributed by atoms with Crippen molar-refractivity contribution in [3.05, 3.63) is 41.5 Å². The molecule has 92 valence electrons. The number of rotatable bonds is 2. The minimum atomic E-state index is -0.456. The third-order valence-electron chi connectivity index (χ3n) is 3.71. The molecule has 0 nitrogen and oxygen atoms in total. The second-order valence-corrected chi connectivity index (χ2v) is 8.03. The van der Waals surface area contributed by atoms with Gasteiger partial charge in [-0.05, 0) is 0 Å². The Hall–Kier alpha value is 0.423. The molecule has 0 saturated heterocycles. The van der Waals surface area contributed by atoms with E-state index in [-0.39, 0.29) is 24.8 Å².